The zero-order valence-electron chi connectivity index (χ0n) is 20.8. The van der Waals surface area contributed by atoms with Crippen molar-refractivity contribution in [2.75, 3.05) is 25.5 Å². The van der Waals surface area contributed by atoms with Crippen LogP contribution in [-0.4, -0.2) is 53.2 Å². The average molecular weight is 497 g/mol. The lowest BCUT2D eigenvalue weighted by Gasteiger charge is -2.37. The maximum atomic E-state index is 12.3. The summed E-state index contributed by atoms with van der Waals surface area (Å²) in [6.07, 6.45) is 2.96. The number of aliphatic hydroxyl groups excluding tert-OH is 1. The van der Waals surface area contributed by atoms with Gasteiger partial charge in [-0.1, -0.05) is 42.5 Å². The van der Waals surface area contributed by atoms with Crippen LogP contribution in [0.3, 0.4) is 0 Å². The molecule has 3 atom stereocenters. The summed E-state index contributed by atoms with van der Waals surface area (Å²) in [5.74, 6) is -1.01. The van der Waals surface area contributed by atoms with E-state index in [2.05, 4.69) is 16.8 Å². The van der Waals surface area contributed by atoms with Gasteiger partial charge in [0.1, 0.15) is 0 Å². The van der Waals surface area contributed by atoms with Crippen molar-refractivity contribution in [1.29, 1.82) is 0 Å². The Morgan fingerprint density at radius 3 is 2.56 bits per heavy atom. The minimum atomic E-state index is -0.854. The summed E-state index contributed by atoms with van der Waals surface area (Å²) in [6, 6.07) is 15.2. The maximum Gasteiger partial charge on any atom is 0.303 e. The first kappa shape index (κ1) is 27.5. The number of rotatable bonds is 13. The number of ether oxygens (including phenoxy) is 2. The van der Waals surface area contributed by atoms with Gasteiger partial charge in [-0.3, -0.25) is 9.59 Å². The number of benzene rings is 2. The fourth-order valence-corrected chi connectivity index (χ4v) is 4.22. The molecule has 0 unspecified atom stereocenters. The number of anilines is 1. The van der Waals surface area contributed by atoms with Crippen LogP contribution in [0.15, 0.2) is 61.2 Å². The summed E-state index contributed by atoms with van der Waals surface area (Å²) in [7, 11) is 2.02. The Morgan fingerprint density at radius 1 is 1.11 bits per heavy atom. The number of nitrogens with zero attached hydrogens (tertiary/aromatic N) is 1. The van der Waals surface area contributed by atoms with Crippen molar-refractivity contribution in [2.45, 2.75) is 57.2 Å². The van der Waals surface area contributed by atoms with E-state index in [1.54, 1.807) is 0 Å². The minimum absolute atomic E-state index is 0.00934. The number of carboxylic acids is 1. The third-order valence-electron chi connectivity index (χ3n) is 6.06. The van der Waals surface area contributed by atoms with Crippen LogP contribution in [-0.2, 0) is 25.7 Å². The molecule has 2 aromatic carbocycles. The molecule has 36 heavy (non-hydrogen) atoms. The van der Waals surface area contributed by atoms with Gasteiger partial charge in [-0.2, -0.15) is 0 Å². The number of aliphatic carboxylic acids is 1. The van der Waals surface area contributed by atoms with E-state index in [0.29, 0.717) is 31.5 Å². The molecule has 0 aromatic heterocycles. The van der Waals surface area contributed by atoms with Gasteiger partial charge in [0, 0.05) is 43.6 Å². The zero-order valence-corrected chi connectivity index (χ0v) is 20.8. The number of carbonyl (C=O) groups excluding carboxylic acids is 1. The smallest absolute Gasteiger partial charge is 0.303 e. The van der Waals surface area contributed by atoms with Gasteiger partial charge in [0.15, 0.2) is 6.29 Å². The third-order valence-corrected chi connectivity index (χ3v) is 6.06. The van der Waals surface area contributed by atoms with Crippen LogP contribution in [0.1, 0.15) is 61.2 Å². The summed E-state index contributed by atoms with van der Waals surface area (Å²) in [4.78, 5) is 25.1. The van der Waals surface area contributed by atoms with Crippen LogP contribution in [0.4, 0.5) is 5.69 Å². The van der Waals surface area contributed by atoms with Gasteiger partial charge in [-0.25, -0.2) is 0 Å². The summed E-state index contributed by atoms with van der Waals surface area (Å²) >= 11 is 0. The molecule has 3 rings (SSSR count). The predicted octanol–water partition coefficient (Wildman–Crippen LogP) is 4.43. The zero-order chi connectivity index (χ0) is 25.9. The first-order valence-corrected chi connectivity index (χ1v) is 12.3. The molecule has 2 aromatic rings. The topological polar surface area (TPSA) is 108 Å². The Hall–Kier alpha value is -3.04. The highest BCUT2D eigenvalue weighted by Gasteiger charge is 2.32. The second-order valence-electron chi connectivity index (χ2n) is 9.13. The Kier molecular flexibility index (Phi) is 10.6. The van der Waals surface area contributed by atoms with Crippen molar-refractivity contribution in [1.82, 2.24) is 4.90 Å². The highest BCUT2D eigenvalue weighted by atomic mass is 16.7. The van der Waals surface area contributed by atoms with Crippen LogP contribution in [0.5, 0.6) is 0 Å². The lowest BCUT2D eigenvalue weighted by atomic mass is 9.99. The Bertz CT molecular complexity index is 1010. The lowest BCUT2D eigenvalue weighted by Crippen LogP contribution is -2.37. The molecule has 0 radical (unpaired) electrons. The predicted molar refractivity (Wildman–Crippen MR) is 137 cm³/mol. The number of aliphatic hydroxyl groups is 1. The molecule has 1 fully saturated rings. The van der Waals surface area contributed by atoms with Crippen molar-refractivity contribution >= 4 is 17.6 Å². The standard InChI is InChI=1S/C28H36N2O6/c1-3-15-30(2)18-24-17-25(21-13-11-20(19-31)12-14-21)36-28(35-24)22-7-6-8-23(16-22)29-26(32)9-4-5-10-27(33)34/h3,6-8,11-14,16,24-25,28,31H,1,4-5,9-10,15,17-19H2,2H3,(H,29,32)(H,33,34)/t24-,25+,28+/m1/s1. The van der Waals surface area contributed by atoms with Gasteiger partial charge in [-0.05, 0) is 43.1 Å². The van der Waals surface area contributed by atoms with Gasteiger partial charge in [0.25, 0.3) is 0 Å². The number of hydrogen-bond acceptors (Lipinski definition) is 6. The second-order valence-corrected chi connectivity index (χ2v) is 9.13. The molecule has 0 saturated carbocycles. The minimum Gasteiger partial charge on any atom is -0.481 e. The molecule has 3 N–H and O–H groups in total. The third kappa shape index (κ3) is 8.57. The van der Waals surface area contributed by atoms with Gasteiger partial charge in [0.2, 0.25) is 5.91 Å². The normalized spacial score (nSPS) is 19.7. The summed E-state index contributed by atoms with van der Waals surface area (Å²) in [6.45, 7) is 5.26. The van der Waals surface area contributed by atoms with Crippen LogP contribution in [0.2, 0.25) is 0 Å². The molecule has 8 heteroatoms. The average Bonchev–Trinajstić information content (AvgIpc) is 2.86. The number of carboxylic acid groups (broad SMARTS) is 1. The van der Waals surface area contributed by atoms with Gasteiger partial charge >= 0.3 is 5.97 Å². The molecule has 0 bridgehead atoms. The summed E-state index contributed by atoms with van der Waals surface area (Å²) in [5.41, 5.74) is 3.29. The molecule has 0 aliphatic carbocycles. The number of carbonyl (C=O) groups is 2. The highest BCUT2D eigenvalue weighted by Crippen LogP contribution is 2.38. The van der Waals surface area contributed by atoms with Crippen LogP contribution >= 0.6 is 0 Å². The first-order valence-electron chi connectivity index (χ1n) is 12.3. The monoisotopic (exact) mass is 496 g/mol. The number of nitrogens with one attached hydrogen (secondary N) is 1. The van der Waals surface area contributed by atoms with Crippen molar-refractivity contribution in [2.24, 2.45) is 0 Å². The quantitative estimate of drug-likeness (QED) is 0.278. The van der Waals surface area contributed by atoms with E-state index in [0.717, 1.165) is 23.2 Å². The van der Waals surface area contributed by atoms with Crippen molar-refractivity contribution in [3.63, 3.8) is 0 Å². The highest BCUT2D eigenvalue weighted by molar-refractivity contribution is 5.90. The molecule has 1 amide bonds. The number of amides is 1. The second kappa shape index (κ2) is 13.9. The Labute approximate surface area is 212 Å². The Morgan fingerprint density at radius 2 is 1.86 bits per heavy atom. The van der Waals surface area contributed by atoms with Crippen LogP contribution in [0, 0.1) is 0 Å². The van der Waals surface area contributed by atoms with Crippen LogP contribution < -0.4 is 5.32 Å². The van der Waals surface area contributed by atoms with E-state index < -0.39 is 12.3 Å². The van der Waals surface area contributed by atoms with Crippen molar-refractivity contribution in [3.05, 3.63) is 77.9 Å². The van der Waals surface area contributed by atoms with Crippen molar-refractivity contribution < 1.29 is 29.3 Å². The van der Waals surface area contributed by atoms with E-state index in [1.165, 1.54) is 0 Å². The van der Waals surface area contributed by atoms with E-state index in [-0.39, 0.29) is 37.6 Å². The SMILES string of the molecule is C=CCN(C)C[C@H]1C[C@@H](c2ccc(CO)cc2)O[C@@H](c2cccc(NC(=O)CCCCC(=O)O)c2)O1. The molecule has 1 saturated heterocycles. The van der Waals surface area contributed by atoms with Crippen LogP contribution in [0.25, 0.3) is 0 Å². The molecule has 1 heterocycles. The molecule has 1 aliphatic heterocycles. The van der Waals surface area contributed by atoms with E-state index >= 15 is 0 Å². The number of unbranched alkanes of at least 4 members (excludes halogenated alkanes) is 1. The maximum absolute atomic E-state index is 12.3. The van der Waals surface area contributed by atoms with E-state index in [1.807, 2.05) is 61.7 Å². The fourth-order valence-electron chi connectivity index (χ4n) is 4.22. The lowest BCUT2D eigenvalue weighted by molar-refractivity contribution is -0.252. The largest absolute Gasteiger partial charge is 0.481 e. The fraction of sp³-hybridized carbons (Fsp3) is 0.429. The van der Waals surface area contributed by atoms with E-state index in [4.69, 9.17) is 14.6 Å². The molecule has 8 nitrogen and oxygen atoms in total. The first-order chi connectivity index (χ1) is 17.4. The molecular weight excluding hydrogens is 460 g/mol. The number of hydrogen-bond donors (Lipinski definition) is 3. The van der Waals surface area contributed by atoms with Gasteiger partial charge in [-0.15, -0.1) is 6.58 Å². The molecule has 194 valence electrons. The van der Waals surface area contributed by atoms with E-state index in [9.17, 15) is 14.7 Å². The van der Waals surface area contributed by atoms with Gasteiger partial charge < -0.3 is 29.9 Å². The molecule has 1 aliphatic rings. The van der Waals surface area contributed by atoms with Crippen molar-refractivity contribution in [3.8, 4) is 0 Å². The van der Waals surface area contributed by atoms with Gasteiger partial charge in [0.05, 0.1) is 18.8 Å². The number of likely N-dealkylation sites (N-methyl/N-ethyl adjacent to an activating group) is 1. The molecule has 0 spiro atoms. The molecular formula is C28H36N2O6. The summed E-state index contributed by atoms with van der Waals surface area (Å²) < 4.78 is 12.7. The Balaban J connectivity index is 1.71. The summed E-state index contributed by atoms with van der Waals surface area (Å²) in [5, 5.41) is 21.0.